The van der Waals surface area contributed by atoms with Gasteiger partial charge in [-0.1, -0.05) is 0 Å². The summed E-state index contributed by atoms with van der Waals surface area (Å²) in [5, 5.41) is 8.45. The van der Waals surface area contributed by atoms with Crippen molar-refractivity contribution in [2.45, 2.75) is 38.3 Å². The van der Waals surface area contributed by atoms with E-state index < -0.39 is 5.97 Å². The van der Waals surface area contributed by atoms with Gasteiger partial charge in [0.25, 0.3) is 0 Å². The van der Waals surface area contributed by atoms with Gasteiger partial charge in [-0.15, -0.1) is 0 Å². The van der Waals surface area contributed by atoms with Gasteiger partial charge in [-0.25, -0.2) is 0 Å². The van der Waals surface area contributed by atoms with Gasteiger partial charge in [0.1, 0.15) is 0 Å². The van der Waals surface area contributed by atoms with Crippen LogP contribution in [0.15, 0.2) is 0 Å². The Morgan fingerprint density at radius 3 is 2.93 bits per heavy atom. The number of likely N-dealkylation sites (tertiary alicyclic amines) is 1. The van der Waals surface area contributed by atoms with Crippen LogP contribution in [0.25, 0.3) is 0 Å². The molecule has 4 heteroatoms. The fraction of sp³-hybridized carbons (Fsp3) is 0.900. The highest BCUT2D eigenvalue weighted by Gasteiger charge is 2.22. The lowest BCUT2D eigenvalue weighted by atomic mass is 10.0. The third kappa shape index (κ3) is 3.64. The fourth-order valence-corrected chi connectivity index (χ4v) is 1.71. The summed E-state index contributed by atoms with van der Waals surface area (Å²) < 4.78 is 5.50. The minimum absolute atomic E-state index is 0.112. The quantitative estimate of drug-likeness (QED) is 0.736. The summed E-state index contributed by atoms with van der Waals surface area (Å²) in [5.41, 5.74) is 0. The summed E-state index contributed by atoms with van der Waals surface area (Å²) in [6, 6.07) is 0.540. The molecule has 0 aliphatic carbocycles. The first kappa shape index (κ1) is 11.5. The molecule has 2 unspecified atom stereocenters. The molecule has 14 heavy (non-hydrogen) atoms. The molecule has 1 fully saturated rings. The van der Waals surface area contributed by atoms with Crippen LogP contribution in [0.3, 0.4) is 0 Å². The number of carbonyl (C=O) groups is 1. The topological polar surface area (TPSA) is 49.8 Å². The molecule has 0 aromatic heterocycles. The molecule has 0 radical (unpaired) electrons. The number of carboxylic acid groups (broad SMARTS) is 1. The number of hydrogen-bond acceptors (Lipinski definition) is 3. The van der Waals surface area contributed by atoms with Gasteiger partial charge in [0.2, 0.25) is 0 Å². The summed E-state index contributed by atoms with van der Waals surface area (Å²) >= 11 is 0. The fourth-order valence-electron chi connectivity index (χ4n) is 1.71. The highest BCUT2D eigenvalue weighted by atomic mass is 16.5. The van der Waals surface area contributed by atoms with E-state index in [0.29, 0.717) is 12.6 Å². The number of hydrogen-bond donors (Lipinski definition) is 1. The molecule has 0 aromatic carbocycles. The van der Waals surface area contributed by atoms with E-state index in [4.69, 9.17) is 9.84 Å². The van der Waals surface area contributed by atoms with Gasteiger partial charge >= 0.3 is 5.97 Å². The molecular weight excluding hydrogens is 182 g/mol. The molecular formula is C10H19NO3. The van der Waals surface area contributed by atoms with Crippen LogP contribution in [0.4, 0.5) is 0 Å². The second-order valence-electron chi connectivity index (χ2n) is 3.99. The molecule has 4 nitrogen and oxygen atoms in total. The molecule has 1 aliphatic rings. The first-order valence-electron chi connectivity index (χ1n) is 5.13. The zero-order valence-corrected chi connectivity index (χ0v) is 8.90. The second-order valence-corrected chi connectivity index (χ2v) is 3.99. The van der Waals surface area contributed by atoms with Crippen LogP contribution in [0, 0.1) is 0 Å². The first-order valence-corrected chi connectivity index (χ1v) is 5.13. The molecule has 0 bridgehead atoms. The number of rotatable bonds is 4. The second kappa shape index (κ2) is 5.32. The molecule has 1 rings (SSSR count). The predicted molar refractivity (Wildman–Crippen MR) is 53.3 cm³/mol. The van der Waals surface area contributed by atoms with Crippen LogP contribution in [-0.4, -0.2) is 48.3 Å². The van der Waals surface area contributed by atoms with Gasteiger partial charge in [-0.3, -0.25) is 4.79 Å². The van der Waals surface area contributed by atoms with E-state index in [0.717, 1.165) is 19.4 Å². The summed E-state index contributed by atoms with van der Waals surface area (Å²) in [4.78, 5) is 12.6. The van der Waals surface area contributed by atoms with Crippen LogP contribution in [0.1, 0.15) is 26.2 Å². The van der Waals surface area contributed by atoms with Crippen molar-refractivity contribution in [3.05, 3.63) is 0 Å². The summed E-state index contributed by atoms with van der Waals surface area (Å²) in [6.07, 6.45) is 2.39. The smallest absolute Gasteiger partial charge is 0.305 e. The molecule has 1 aliphatic heterocycles. The SMILES string of the molecule is CC1CC(OCCC(=O)O)CCN1C. The van der Waals surface area contributed by atoms with Crippen molar-refractivity contribution in [3.63, 3.8) is 0 Å². The zero-order valence-electron chi connectivity index (χ0n) is 8.90. The van der Waals surface area contributed by atoms with Crippen LogP contribution >= 0.6 is 0 Å². The lowest BCUT2D eigenvalue weighted by molar-refractivity contribution is -0.139. The Balaban J connectivity index is 2.16. The van der Waals surface area contributed by atoms with E-state index in [2.05, 4.69) is 18.9 Å². The van der Waals surface area contributed by atoms with Crippen molar-refractivity contribution in [2.24, 2.45) is 0 Å². The van der Waals surface area contributed by atoms with Crippen molar-refractivity contribution in [1.82, 2.24) is 4.90 Å². The maximum atomic E-state index is 10.3. The highest BCUT2D eigenvalue weighted by molar-refractivity contribution is 5.66. The molecule has 2 atom stereocenters. The van der Waals surface area contributed by atoms with Gasteiger partial charge in [0.05, 0.1) is 19.1 Å². The molecule has 0 saturated carbocycles. The number of carboxylic acids is 1. The Morgan fingerprint density at radius 2 is 2.36 bits per heavy atom. The molecule has 1 saturated heterocycles. The standard InChI is InChI=1S/C10H19NO3/c1-8-7-9(3-5-11(8)2)14-6-4-10(12)13/h8-9H,3-7H2,1-2H3,(H,12,13). The molecule has 1 N–H and O–H groups in total. The van der Waals surface area contributed by atoms with E-state index in [9.17, 15) is 4.79 Å². The van der Waals surface area contributed by atoms with Gasteiger partial charge < -0.3 is 14.7 Å². The summed E-state index contributed by atoms with van der Waals surface area (Å²) in [5.74, 6) is -0.786. The van der Waals surface area contributed by atoms with E-state index in [1.807, 2.05) is 0 Å². The van der Waals surface area contributed by atoms with Gasteiger partial charge in [-0.2, -0.15) is 0 Å². The Morgan fingerprint density at radius 1 is 1.64 bits per heavy atom. The molecule has 1 heterocycles. The zero-order chi connectivity index (χ0) is 10.6. The Labute approximate surface area is 84.8 Å². The minimum atomic E-state index is -0.786. The average molecular weight is 201 g/mol. The first-order chi connectivity index (χ1) is 6.59. The monoisotopic (exact) mass is 201 g/mol. The molecule has 0 amide bonds. The van der Waals surface area contributed by atoms with Crippen LogP contribution < -0.4 is 0 Å². The Bertz CT molecular complexity index is 196. The largest absolute Gasteiger partial charge is 0.481 e. The predicted octanol–water partition coefficient (Wildman–Crippen LogP) is 0.960. The van der Waals surface area contributed by atoms with E-state index in [-0.39, 0.29) is 12.5 Å². The van der Waals surface area contributed by atoms with Gasteiger partial charge in [0, 0.05) is 12.6 Å². The van der Waals surface area contributed by atoms with Crippen molar-refractivity contribution in [2.75, 3.05) is 20.2 Å². The molecule has 0 aromatic rings. The number of piperidine rings is 1. The van der Waals surface area contributed by atoms with E-state index in [1.54, 1.807) is 0 Å². The van der Waals surface area contributed by atoms with Crippen molar-refractivity contribution in [1.29, 1.82) is 0 Å². The minimum Gasteiger partial charge on any atom is -0.481 e. The number of aliphatic carboxylic acids is 1. The highest BCUT2D eigenvalue weighted by Crippen LogP contribution is 2.18. The van der Waals surface area contributed by atoms with Crippen molar-refractivity contribution in [3.8, 4) is 0 Å². The number of ether oxygens (including phenoxy) is 1. The van der Waals surface area contributed by atoms with Gasteiger partial charge in [-0.05, 0) is 26.8 Å². The van der Waals surface area contributed by atoms with E-state index >= 15 is 0 Å². The molecule has 0 spiro atoms. The Kier molecular flexibility index (Phi) is 4.35. The summed E-state index contributed by atoms with van der Waals surface area (Å²) in [6.45, 7) is 3.56. The maximum Gasteiger partial charge on any atom is 0.305 e. The van der Waals surface area contributed by atoms with Crippen LogP contribution in [0.5, 0.6) is 0 Å². The van der Waals surface area contributed by atoms with Crippen molar-refractivity contribution < 1.29 is 14.6 Å². The normalized spacial score (nSPS) is 29.0. The third-order valence-electron chi connectivity index (χ3n) is 2.83. The lowest BCUT2D eigenvalue weighted by Gasteiger charge is -2.34. The number of nitrogens with zero attached hydrogens (tertiary/aromatic N) is 1. The maximum absolute atomic E-state index is 10.3. The molecule has 82 valence electrons. The van der Waals surface area contributed by atoms with E-state index in [1.165, 1.54) is 0 Å². The summed E-state index contributed by atoms with van der Waals surface area (Å²) in [7, 11) is 2.11. The Hall–Kier alpha value is -0.610. The van der Waals surface area contributed by atoms with Crippen LogP contribution in [0.2, 0.25) is 0 Å². The lowest BCUT2D eigenvalue weighted by Crippen LogP contribution is -2.41. The van der Waals surface area contributed by atoms with Crippen LogP contribution in [-0.2, 0) is 9.53 Å². The van der Waals surface area contributed by atoms with Gasteiger partial charge in [0.15, 0.2) is 0 Å². The third-order valence-corrected chi connectivity index (χ3v) is 2.83. The average Bonchev–Trinajstić information content (AvgIpc) is 2.10. The van der Waals surface area contributed by atoms with Crippen molar-refractivity contribution >= 4 is 5.97 Å².